The van der Waals surface area contributed by atoms with Crippen LogP contribution in [0.15, 0.2) is 24.4 Å². The summed E-state index contributed by atoms with van der Waals surface area (Å²) in [7, 11) is 0. The quantitative estimate of drug-likeness (QED) is 0.749. The summed E-state index contributed by atoms with van der Waals surface area (Å²) in [6.45, 7) is 1.73. The highest BCUT2D eigenvalue weighted by atomic mass is 19.2. The van der Waals surface area contributed by atoms with Crippen LogP contribution in [-0.4, -0.2) is 11.0 Å². The molecular formula is C11H12F2N2. The van der Waals surface area contributed by atoms with Gasteiger partial charge in [-0.15, -0.1) is 4.48 Å². The van der Waals surface area contributed by atoms with Gasteiger partial charge in [-0.05, 0) is 37.1 Å². The summed E-state index contributed by atoms with van der Waals surface area (Å²) in [4.78, 5) is 3.03. The summed E-state index contributed by atoms with van der Waals surface area (Å²) in [5.41, 5.74) is 3.47. The Morgan fingerprint density at radius 2 is 2.27 bits per heavy atom. The molecule has 0 aliphatic carbocycles. The lowest BCUT2D eigenvalue weighted by Crippen LogP contribution is -2.19. The topological polar surface area (TPSA) is 27.8 Å². The van der Waals surface area contributed by atoms with Crippen molar-refractivity contribution >= 4 is 10.9 Å². The maximum atomic E-state index is 13.0. The molecule has 1 heterocycles. The fourth-order valence-electron chi connectivity index (χ4n) is 1.69. The Kier molecular flexibility index (Phi) is 2.68. The van der Waals surface area contributed by atoms with Crippen LogP contribution in [0.2, 0.25) is 0 Å². The van der Waals surface area contributed by atoms with Crippen LogP contribution in [0.1, 0.15) is 12.5 Å². The molecule has 2 rings (SSSR count). The third-order valence-corrected chi connectivity index (χ3v) is 2.44. The predicted octanol–water partition coefficient (Wildman–Crippen LogP) is 2.71. The molecule has 1 aromatic carbocycles. The van der Waals surface area contributed by atoms with Gasteiger partial charge in [0.1, 0.15) is 5.82 Å². The second-order valence-electron chi connectivity index (χ2n) is 3.72. The van der Waals surface area contributed by atoms with E-state index in [2.05, 4.69) is 4.98 Å². The van der Waals surface area contributed by atoms with Crippen molar-refractivity contribution < 1.29 is 8.87 Å². The standard InChI is InChI=1S/C11H12F2N2/c1-7(15-13)4-8-6-14-11-3-2-9(12)5-10(8)11/h2-3,5-7,14-15H,4H2,1H3. The molecule has 2 nitrogen and oxygen atoms in total. The average molecular weight is 210 g/mol. The van der Waals surface area contributed by atoms with Gasteiger partial charge in [0.25, 0.3) is 0 Å². The molecule has 1 atom stereocenters. The largest absolute Gasteiger partial charge is 0.361 e. The Morgan fingerprint density at radius 3 is 3.00 bits per heavy atom. The first kappa shape index (κ1) is 10.1. The number of aromatic nitrogens is 1. The van der Waals surface area contributed by atoms with E-state index in [9.17, 15) is 8.87 Å². The van der Waals surface area contributed by atoms with Crippen LogP contribution in [-0.2, 0) is 6.42 Å². The molecule has 1 aromatic heterocycles. The van der Waals surface area contributed by atoms with Crippen LogP contribution < -0.4 is 5.54 Å². The number of nitrogens with one attached hydrogen (secondary N) is 2. The van der Waals surface area contributed by atoms with Gasteiger partial charge in [0, 0.05) is 23.1 Å². The third-order valence-electron chi connectivity index (χ3n) is 2.44. The van der Waals surface area contributed by atoms with Gasteiger partial charge in [0.05, 0.1) is 0 Å². The molecule has 0 radical (unpaired) electrons. The number of hydrogen-bond donors (Lipinski definition) is 2. The van der Waals surface area contributed by atoms with Gasteiger partial charge < -0.3 is 4.98 Å². The Balaban J connectivity index is 2.39. The second-order valence-corrected chi connectivity index (χ2v) is 3.72. The predicted molar refractivity (Wildman–Crippen MR) is 55.7 cm³/mol. The lowest BCUT2D eigenvalue weighted by atomic mass is 10.1. The Hall–Kier alpha value is -1.42. The van der Waals surface area contributed by atoms with Crippen molar-refractivity contribution in [2.75, 3.05) is 0 Å². The SMILES string of the molecule is CC(Cc1c[nH]c2ccc(F)cc12)NF. The number of aromatic amines is 1. The normalized spacial score (nSPS) is 13.3. The molecule has 4 heteroatoms. The van der Waals surface area contributed by atoms with Crippen LogP contribution in [0.5, 0.6) is 0 Å². The summed E-state index contributed by atoms with van der Waals surface area (Å²) in [5, 5.41) is 0.817. The maximum absolute atomic E-state index is 13.0. The zero-order chi connectivity index (χ0) is 10.8. The summed E-state index contributed by atoms with van der Waals surface area (Å²) in [6, 6.07) is 4.28. The van der Waals surface area contributed by atoms with Crippen molar-refractivity contribution in [1.82, 2.24) is 10.5 Å². The van der Waals surface area contributed by atoms with Crippen LogP contribution in [0.25, 0.3) is 10.9 Å². The lowest BCUT2D eigenvalue weighted by Gasteiger charge is -2.05. The highest BCUT2D eigenvalue weighted by molar-refractivity contribution is 5.83. The zero-order valence-corrected chi connectivity index (χ0v) is 8.35. The van der Waals surface area contributed by atoms with Crippen molar-refractivity contribution in [1.29, 1.82) is 0 Å². The maximum Gasteiger partial charge on any atom is 0.123 e. The minimum absolute atomic E-state index is 0.271. The Labute approximate surface area is 86.2 Å². The minimum atomic E-state index is -0.274. The van der Waals surface area contributed by atoms with Crippen molar-refractivity contribution in [3.8, 4) is 0 Å². The smallest absolute Gasteiger partial charge is 0.123 e. The lowest BCUT2D eigenvalue weighted by molar-refractivity contribution is 0.281. The van der Waals surface area contributed by atoms with Crippen LogP contribution in [0.3, 0.4) is 0 Å². The molecule has 0 aliphatic heterocycles. The number of fused-ring (bicyclic) bond motifs is 1. The number of halogens is 2. The molecular weight excluding hydrogens is 198 g/mol. The van der Waals surface area contributed by atoms with Crippen molar-refractivity contribution in [2.24, 2.45) is 0 Å². The van der Waals surface area contributed by atoms with Gasteiger partial charge in [-0.25, -0.2) is 4.39 Å². The van der Waals surface area contributed by atoms with Gasteiger partial charge in [-0.2, -0.15) is 5.54 Å². The first-order valence-corrected chi connectivity index (χ1v) is 4.82. The van der Waals surface area contributed by atoms with E-state index in [1.165, 1.54) is 12.1 Å². The molecule has 0 fully saturated rings. The van der Waals surface area contributed by atoms with Gasteiger partial charge >= 0.3 is 0 Å². The number of rotatable bonds is 3. The van der Waals surface area contributed by atoms with E-state index in [0.717, 1.165) is 16.5 Å². The molecule has 1 unspecified atom stereocenters. The van der Waals surface area contributed by atoms with E-state index in [1.807, 2.05) is 0 Å². The number of hydrogen-bond acceptors (Lipinski definition) is 1. The summed E-state index contributed by atoms with van der Waals surface area (Å²) in [5.74, 6) is -0.274. The van der Waals surface area contributed by atoms with Gasteiger partial charge in [0.15, 0.2) is 0 Å². The fourth-order valence-corrected chi connectivity index (χ4v) is 1.69. The molecule has 0 bridgehead atoms. The van der Waals surface area contributed by atoms with Crippen molar-refractivity contribution in [2.45, 2.75) is 19.4 Å². The molecule has 0 spiro atoms. The summed E-state index contributed by atoms with van der Waals surface area (Å²) < 4.78 is 25.1. The molecule has 0 amide bonds. The number of H-pyrrole nitrogens is 1. The van der Waals surface area contributed by atoms with Crippen LogP contribution >= 0.6 is 0 Å². The number of benzene rings is 1. The van der Waals surface area contributed by atoms with E-state index < -0.39 is 0 Å². The minimum Gasteiger partial charge on any atom is -0.361 e. The molecule has 0 saturated heterocycles. The fraction of sp³-hybridized carbons (Fsp3) is 0.273. The molecule has 0 aliphatic rings. The van der Waals surface area contributed by atoms with Crippen LogP contribution in [0, 0.1) is 5.82 Å². The molecule has 15 heavy (non-hydrogen) atoms. The van der Waals surface area contributed by atoms with Crippen molar-refractivity contribution in [3.05, 3.63) is 35.8 Å². The first-order valence-electron chi connectivity index (χ1n) is 4.82. The zero-order valence-electron chi connectivity index (χ0n) is 8.35. The van der Waals surface area contributed by atoms with E-state index >= 15 is 0 Å². The van der Waals surface area contributed by atoms with E-state index in [0.29, 0.717) is 6.42 Å². The van der Waals surface area contributed by atoms with Gasteiger partial charge in [-0.3, -0.25) is 0 Å². The van der Waals surface area contributed by atoms with E-state index in [-0.39, 0.29) is 11.9 Å². The monoisotopic (exact) mass is 210 g/mol. The first-order chi connectivity index (χ1) is 7.20. The average Bonchev–Trinajstić information content (AvgIpc) is 2.61. The Bertz CT molecular complexity index is 465. The summed E-state index contributed by atoms with van der Waals surface area (Å²) in [6.07, 6.45) is 2.32. The highest BCUT2D eigenvalue weighted by Crippen LogP contribution is 2.20. The molecule has 0 saturated carbocycles. The van der Waals surface area contributed by atoms with Crippen molar-refractivity contribution in [3.63, 3.8) is 0 Å². The Morgan fingerprint density at radius 1 is 1.47 bits per heavy atom. The second kappa shape index (κ2) is 3.98. The molecule has 2 aromatic rings. The van der Waals surface area contributed by atoms with Gasteiger partial charge in [0.2, 0.25) is 0 Å². The molecule has 2 N–H and O–H groups in total. The van der Waals surface area contributed by atoms with Gasteiger partial charge in [-0.1, -0.05) is 0 Å². The molecule has 80 valence electrons. The highest BCUT2D eigenvalue weighted by Gasteiger charge is 2.08. The van der Waals surface area contributed by atoms with E-state index in [1.54, 1.807) is 24.7 Å². The summed E-state index contributed by atoms with van der Waals surface area (Å²) >= 11 is 0. The van der Waals surface area contributed by atoms with E-state index in [4.69, 9.17) is 0 Å². The van der Waals surface area contributed by atoms with Crippen LogP contribution in [0.4, 0.5) is 8.87 Å². The third kappa shape index (κ3) is 1.99.